The number of esters is 1. The Hall–Kier alpha value is -0.430. The van der Waals surface area contributed by atoms with E-state index in [4.69, 9.17) is 9.47 Å². The Bertz CT molecular complexity index is 614. The van der Waals surface area contributed by atoms with Gasteiger partial charge in [0.15, 0.2) is 0 Å². The molecule has 1 amide bonds. The molecular formula is C40H84BrNO4S. The molecule has 0 aromatic rings. The average Bonchev–Trinajstić information content (AvgIpc) is 3.50. The van der Waals surface area contributed by atoms with E-state index < -0.39 is 0 Å². The van der Waals surface area contributed by atoms with Crippen LogP contribution in [0.25, 0.3) is 0 Å². The Labute approximate surface area is 309 Å². The second-order valence-corrected chi connectivity index (χ2v) is 14.1. The molecule has 1 rings (SSSR count). The van der Waals surface area contributed by atoms with Gasteiger partial charge >= 0.3 is 12.1 Å². The van der Waals surface area contributed by atoms with Crippen LogP contribution in [-0.2, 0) is 14.3 Å². The van der Waals surface area contributed by atoms with Gasteiger partial charge in [0.1, 0.15) is 11.7 Å². The third-order valence-corrected chi connectivity index (χ3v) is 8.43. The van der Waals surface area contributed by atoms with E-state index in [1.165, 1.54) is 89.9 Å². The lowest BCUT2D eigenvalue weighted by molar-refractivity contribution is -0.150. The minimum atomic E-state index is -0.376. The summed E-state index contributed by atoms with van der Waals surface area (Å²) >= 11 is 7.74. The summed E-state index contributed by atoms with van der Waals surface area (Å²) in [5.74, 6) is 1.03. The van der Waals surface area contributed by atoms with E-state index in [2.05, 4.69) is 42.4 Å². The normalized spacial score (nSPS) is 14.1. The van der Waals surface area contributed by atoms with Crippen molar-refractivity contribution in [2.75, 3.05) is 17.6 Å². The highest BCUT2D eigenvalue weighted by Crippen LogP contribution is 2.20. The minimum absolute atomic E-state index is 0.0338. The Morgan fingerprint density at radius 3 is 1.68 bits per heavy atom. The molecule has 2 unspecified atom stereocenters. The number of thiol groups is 1. The van der Waals surface area contributed by atoms with Crippen LogP contribution in [0.5, 0.6) is 0 Å². The van der Waals surface area contributed by atoms with Crippen LogP contribution in [0, 0.1) is 0 Å². The molecule has 1 aliphatic heterocycles. The molecule has 0 N–H and O–H groups in total. The maximum absolute atomic E-state index is 12.3. The van der Waals surface area contributed by atoms with Crippen LogP contribution in [0.15, 0.2) is 0 Å². The molecule has 0 aromatic heterocycles. The van der Waals surface area contributed by atoms with Gasteiger partial charge in [0.25, 0.3) is 0 Å². The highest BCUT2D eigenvalue weighted by atomic mass is 79.9. The lowest BCUT2D eigenvalue weighted by Crippen LogP contribution is -2.38. The molecule has 286 valence electrons. The molecule has 5 nitrogen and oxygen atoms in total. The van der Waals surface area contributed by atoms with Crippen LogP contribution >= 0.6 is 28.6 Å². The van der Waals surface area contributed by atoms with Crippen molar-refractivity contribution in [3.8, 4) is 0 Å². The third-order valence-electron chi connectivity index (χ3n) is 7.56. The largest absolute Gasteiger partial charge is 0.462 e. The fraction of sp³-hybridized carbons (Fsp3) is 0.950. The predicted octanol–water partition coefficient (Wildman–Crippen LogP) is 14.1. The summed E-state index contributed by atoms with van der Waals surface area (Å²) in [7, 11) is 0. The van der Waals surface area contributed by atoms with Crippen LogP contribution in [0.2, 0.25) is 0 Å². The van der Waals surface area contributed by atoms with E-state index in [9.17, 15) is 9.59 Å². The number of alkyl halides is 1. The molecule has 1 fully saturated rings. The fourth-order valence-electron chi connectivity index (χ4n) is 5.09. The molecule has 0 spiro atoms. The lowest BCUT2D eigenvalue weighted by atomic mass is 10.0. The van der Waals surface area contributed by atoms with Crippen molar-refractivity contribution >= 4 is 40.6 Å². The molecular weight excluding hydrogens is 670 g/mol. The molecule has 0 bridgehead atoms. The Morgan fingerprint density at radius 1 is 0.766 bits per heavy atom. The van der Waals surface area contributed by atoms with Gasteiger partial charge in [-0.2, -0.15) is 12.6 Å². The van der Waals surface area contributed by atoms with Gasteiger partial charge in [-0.05, 0) is 91.2 Å². The number of rotatable bonds is 22. The molecule has 0 aliphatic carbocycles. The van der Waals surface area contributed by atoms with Crippen molar-refractivity contribution < 1.29 is 19.1 Å². The van der Waals surface area contributed by atoms with E-state index in [0.29, 0.717) is 12.5 Å². The molecule has 0 radical (unpaired) electrons. The van der Waals surface area contributed by atoms with Crippen LogP contribution in [0.4, 0.5) is 4.79 Å². The number of unbranched alkanes of at least 4 members (excludes halogenated alkanes) is 13. The van der Waals surface area contributed by atoms with E-state index in [1.54, 1.807) is 0 Å². The maximum Gasteiger partial charge on any atom is 0.410 e. The molecule has 1 aliphatic rings. The first-order valence-corrected chi connectivity index (χ1v) is 21.8. The standard InChI is InChI=1S/C24H47BrO2S.C10H19NO2.3C2H6/c1-2-3-4-5-8-13-18-23(19-14-9-7-12-17-22-28)27-24(26)20-15-10-6-11-16-21-25;1-8-6-5-7-11(8)9(12)13-10(2,3)4;3*1-2/h23,28H,2-22H2,1H3;8H,5-7H2,1-4H3;3*1-2H3. The summed E-state index contributed by atoms with van der Waals surface area (Å²) in [4.78, 5) is 25.6. The van der Waals surface area contributed by atoms with Crippen LogP contribution in [-0.4, -0.2) is 52.3 Å². The number of amides is 1. The third kappa shape index (κ3) is 39.9. The van der Waals surface area contributed by atoms with Crippen LogP contribution in [0.1, 0.15) is 211 Å². The summed E-state index contributed by atoms with van der Waals surface area (Å²) in [6, 6.07) is 0.342. The summed E-state index contributed by atoms with van der Waals surface area (Å²) < 4.78 is 11.2. The second-order valence-electron chi connectivity index (χ2n) is 12.8. The average molecular weight is 755 g/mol. The molecule has 1 saturated heterocycles. The van der Waals surface area contributed by atoms with E-state index in [1.807, 2.05) is 67.2 Å². The minimum Gasteiger partial charge on any atom is -0.462 e. The number of hydrogen-bond acceptors (Lipinski definition) is 5. The van der Waals surface area contributed by atoms with Crippen molar-refractivity contribution in [1.82, 2.24) is 4.90 Å². The fourth-order valence-corrected chi connectivity index (χ4v) is 5.71. The van der Waals surface area contributed by atoms with Crippen molar-refractivity contribution in [2.24, 2.45) is 0 Å². The lowest BCUT2D eigenvalue weighted by Gasteiger charge is -2.26. The maximum atomic E-state index is 12.3. The first kappa shape index (κ1) is 53.4. The summed E-state index contributed by atoms with van der Waals surface area (Å²) in [5, 5.41) is 1.09. The molecule has 7 heteroatoms. The monoisotopic (exact) mass is 754 g/mol. The first-order valence-electron chi connectivity index (χ1n) is 20.0. The van der Waals surface area contributed by atoms with Gasteiger partial charge in [-0.3, -0.25) is 4.79 Å². The molecule has 47 heavy (non-hydrogen) atoms. The van der Waals surface area contributed by atoms with Gasteiger partial charge in [0, 0.05) is 24.3 Å². The number of hydrogen-bond donors (Lipinski definition) is 1. The van der Waals surface area contributed by atoms with Crippen molar-refractivity contribution in [2.45, 2.75) is 229 Å². The van der Waals surface area contributed by atoms with Gasteiger partial charge < -0.3 is 14.4 Å². The molecule has 0 saturated carbocycles. The Morgan fingerprint density at radius 2 is 1.23 bits per heavy atom. The quantitative estimate of drug-likeness (QED) is 0.0517. The van der Waals surface area contributed by atoms with Crippen molar-refractivity contribution in [1.29, 1.82) is 0 Å². The number of carbonyl (C=O) groups excluding carboxylic acids is 2. The van der Waals surface area contributed by atoms with E-state index >= 15 is 0 Å². The predicted molar refractivity (Wildman–Crippen MR) is 217 cm³/mol. The summed E-state index contributed by atoms with van der Waals surface area (Å²) in [6.07, 6.45) is 24.8. The highest BCUT2D eigenvalue weighted by Gasteiger charge is 2.29. The zero-order valence-electron chi connectivity index (χ0n) is 33.5. The number of ether oxygens (including phenoxy) is 2. The Kier molecular flexibility index (Phi) is 47.4. The molecule has 0 aromatic carbocycles. The first-order chi connectivity index (χ1) is 22.6. The number of likely N-dealkylation sites (tertiary alicyclic amines) is 1. The van der Waals surface area contributed by atoms with Crippen LogP contribution < -0.4 is 0 Å². The molecule has 1 heterocycles. The second kappa shape index (κ2) is 41.7. The van der Waals surface area contributed by atoms with Crippen molar-refractivity contribution in [3.05, 3.63) is 0 Å². The topological polar surface area (TPSA) is 55.8 Å². The number of nitrogens with zero attached hydrogens (tertiary/aromatic N) is 1. The Balaban J connectivity index is -0.000000402. The summed E-state index contributed by atoms with van der Waals surface area (Å²) in [5.41, 5.74) is -0.376. The SMILES string of the molecule is CC.CC.CC.CC1CCCN1C(=O)OC(C)(C)C.CCCCCCCCC(CCCCCCCS)OC(=O)CCCCCCCBr. The van der Waals surface area contributed by atoms with Crippen LogP contribution in [0.3, 0.4) is 0 Å². The van der Waals surface area contributed by atoms with Gasteiger partial charge in [0.2, 0.25) is 0 Å². The van der Waals surface area contributed by atoms with E-state index in [0.717, 1.165) is 56.2 Å². The van der Waals surface area contributed by atoms with Gasteiger partial charge in [-0.25, -0.2) is 4.79 Å². The zero-order valence-corrected chi connectivity index (χ0v) is 36.0. The van der Waals surface area contributed by atoms with Gasteiger partial charge in [-0.1, -0.05) is 135 Å². The van der Waals surface area contributed by atoms with Gasteiger partial charge in [-0.15, -0.1) is 0 Å². The van der Waals surface area contributed by atoms with Gasteiger partial charge in [0.05, 0.1) is 0 Å². The zero-order chi connectivity index (χ0) is 36.8. The highest BCUT2D eigenvalue weighted by molar-refractivity contribution is 9.09. The number of carbonyl (C=O) groups is 2. The molecule has 2 atom stereocenters. The summed E-state index contributed by atoms with van der Waals surface area (Å²) in [6.45, 7) is 22.9. The van der Waals surface area contributed by atoms with Crippen molar-refractivity contribution in [3.63, 3.8) is 0 Å². The smallest absolute Gasteiger partial charge is 0.410 e. The van der Waals surface area contributed by atoms with E-state index in [-0.39, 0.29) is 23.8 Å². The number of halogens is 1.